The molecule has 1 atom stereocenters. The van der Waals surface area contributed by atoms with E-state index in [4.69, 9.17) is 4.74 Å². The lowest BCUT2D eigenvalue weighted by Crippen LogP contribution is -2.09. The van der Waals surface area contributed by atoms with Crippen molar-refractivity contribution in [2.24, 2.45) is 11.8 Å². The van der Waals surface area contributed by atoms with Crippen molar-refractivity contribution in [2.45, 2.75) is 27.2 Å². The molecule has 0 amide bonds. The molecule has 0 saturated carbocycles. The van der Waals surface area contributed by atoms with Gasteiger partial charge in [-0.2, -0.15) is 0 Å². The summed E-state index contributed by atoms with van der Waals surface area (Å²) in [5.74, 6) is 1.48. The van der Waals surface area contributed by atoms with Gasteiger partial charge >= 0.3 is 0 Å². The Hall–Kier alpha value is -0.560. The third-order valence-electron chi connectivity index (χ3n) is 2.54. The van der Waals surface area contributed by atoms with E-state index >= 15 is 0 Å². The minimum atomic E-state index is 0.727. The highest BCUT2D eigenvalue weighted by Gasteiger charge is 2.11. The van der Waals surface area contributed by atoms with Gasteiger partial charge in [-0.3, -0.25) is 0 Å². The van der Waals surface area contributed by atoms with Gasteiger partial charge in [-0.05, 0) is 30.8 Å². The molecular formula is C12H20O. The molecular weight excluding hydrogens is 160 g/mol. The molecule has 0 aromatic heterocycles. The Bertz CT molecular complexity index is 201. The first-order valence-corrected chi connectivity index (χ1v) is 5.19. The molecule has 0 aliphatic heterocycles. The van der Waals surface area contributed by atoms with Crippen molar-refractivity contribution in [1.29, 1.82) is 0 Å². The van der Waals surface area contributed by atoms with E-state index in [1.54, 1.807) is 0 Å². The molecule has 0 aromatic carbocycles. The normalized spacial score (nSPS) is 22.2. The van der Waals surface area contributed by atoms with Crippen LogP contribution in [0.5, 0.6) is 0 Å². The number of hydrogen-bond donors (Lipinski definition) is 0. The van der Waals surface area contributed by atoms with Crippen LogP contribution in [0, 0.1) is 11.8 Å². The first-order chi connectivity index (χ1) is 6.24. The SMILES string of the molecule is CCOCC1=CCC(C(C)C)C=C1. The second-order valence-corrected chi connectivity index (χ2v) is 3.92. The zero-order chi connectivity index (χ0) is 9.68. The summed E-state index contributed by atoms with van der Waals surface area (Å²) in [6, 6.07) is 0. The first-order valence-electron chi connectivity index (χ1n) is 5.19. The van der Waals surface area contributed by atoms with Crippen LogP contribution in [0.3, 0.4) is 0 Å². The van der Waals surface area contributed by atoms with Gasteiger partial charge in [-0.15, -0.1) is 0 Å². The van der Waals surface area contributed by atoms with Crippen LogP contribution in [-0.4, -0.2) is 13.2 Å². The number of rotatable bonds is 4. The van der Waals surface area contributed by atoms with E-state index in [1.807, 2.05) is 6.92 Å². The van der Waals surface area contributed by atoms with Gasteiger partial charge in [0.1, 0.15) is 0 Å². The molecule has 1 aliphatic carbocycles. The molecule has 0 heterocycles. The van der Waals surface area contributed by atoms with E-state index < -0.39 is 0 Å². The fourth-order valence-corrected chi connectivity index (χ4v) is 1.50. The van der Waals surface area contributed by atoms with Crippen LogP contribution >= 0.6 is 0 Å². The summed E-state index contributed by atoms with van der Waals surface area (Å²) in [6.45, 7) is 8.16. The van der Waals surface area contributed by atoms with Crippen molar-refractivity contribution in [2.75, 3.05) is 13.2 Å². The zero-order valence-corrected chi connectivity index (χ0v) is 8.92. The average Bonchev–Trinajstić information content (AvgIpc) is 2.15. The highest BCUT2D eigenvalue weighted by molar-refractivity contribution is 5.24. The maximum atomic E-state index is 5.35. The number of hydrogen-bond acceptors (Lipinski definition) is 1. The smallest absolute Gasteiger partial charge is 0.0713 e. The quantitative estimate of drug-likeness (QED) is 0.645. The van der Waals surface area contributed by atoms with Gasteiger partial charge in [0.05, 0.1) is 6.61 Å². The highest BCUT2D eigenvalue weighted by atomic mass is 16.5. The van der Waals surface area contributed by atoms with Crippen LogP contribution in [0.15, 0.2) is 23.8 Å². The lowest BCUT2D eigenvalue weighted by Gasteiger charge is -2.19. The van der Waals surface area contributed by atoms with Gasteiger partial charge in [0.25, 0.3) is 0 Å². The molecule has 13 heavy (non-hydrogen) atoms. The van der Waals surface area contributed by atoms with Gasteiger partial charge in [-0.25, -0.2) is 0 Å². The summed E-state index contributed by atoms with van der Waals surface area (Å²) in [5.41, 5.74) is 1.33. The van der Waals surface area contributed by atoms with Crippen LogP contribution < -0.4 is 0 Å². The number of ether oxygens (including phenoxy) is 1. The summed E-state index contributed by atoms with van der Waals surface area (Å²) in [6.07, 6.45) is 8.01. The highest BCUT2D eigenvalue weighted by Crippen LogP contribution is 2.23. The Balaban J connectivity index is 2.36. The Morgan fingerprint density at radius 3 is 2.77 bits per heavy atom. The van der Waals surface area contributed by atoms with E-state index in [9.17, 15) is 0 Å². The van der Waals surface area contributed by atoms with Crippen molar-refractivity contribution >= 4 is 0 Å². The van der Waals surface area contributed by atoms with E-state index in [0.29, 0.717) is 0 Å². The Kier molecular flexibility index (Phi) is 4.23. The van der Waals surface area contributed by atoms with Crippen LogP contribution in [0.1, 0.15) is 27.2 Å². The van der Waals surface area contributed by atoms with Crippen molar-refractivity contribution in [3.8, 4) is 0 Å². The van der Waals surface area contributed by atoms with E-state index in [-0.39, 0.29) is 0 Å². The van der Waals surface area contributed by atoms with Crippen molar-refractivity contribution in [3.63, 3.8) is 0 Å². The van der Waals surface area contributed by atoms with Gasteiger partial charge in [0, 0.05) is 6.61 Å². The molecule has 0 aromatic rings. The average molecular weight is 180 g/mol. The Labute approximate surface area is 81.5 Å². The lowest BCUT2D eigenvalue weighted by atomic mass is 9.88. The Morgan fingerprint density at radius 2 is 2.31 bits per heavy atom. The van der Waals surface area contributed by atoms with Crippen molar-refractivity contribution in [3.05, 3.63) is 23.8 Å². The van der Waals surface area contributed by atoms with Gasteiger partial charge in [0.2, 0.25) is 0 Å². The second-order valence-electron chi connectivity index (χ2n) is 3.92. The molecule has 0 saturated heterocycles. The third-order valence-corrected chi connectivity index (χ3v) is 2.54. The largest absolute Gasteiger partial charge is 0.377 e. The molecule has 0 fully saturated rings. The van der Waals surface area contributed by atoms with Crippen LogP contribution in [-0.2, 0) is 4.74 Å². The Morgan fingerprint density at radius 1 is 1.54 bits per heavy atom. The summed E-state index contributed by atoms with van der Waals surface area (Å²) in [7, 11) is 0. The molecule has 74 valence electrons. The number of allylic oxidation sites excluding steroid dienone is 2. The topological polar surface area (TPSA) is 9.23 Å². The minimum absolute atomic E-state index is 0.727. The lowest BCUT2D eigenvalue weighted by molar-refractivity contribution is 0.172. The molecule has 1 heteroatoms. The summed E-state index contributed by atoms with van der Waals surface area (Å²) < 4.78 is 5.35. The van der Waals surface area contributed by atoms with Crippen LogP contribution in [0.2, 0.25) is 0 Å². The fourth-order valence-electron chi connectivity index (χ4n) is 1.50. The van der Waals surface area contributed by atoms with Crippen molar-refractivity contribution in [1.82, 2.24) is 0 Å². The summed E-state index contributed by atoms with van der Waals surface area (Å²) >= 11 is 0. The van der Waals surface area contributed by atoms with Gasteiger partial charge in [-0.1, -0.05) is 32.1 Å². The molecule has 0 N–H and O–H groups in total. The zero-order valence-electron chi connectivity index (χ0n) is 8.92. The molecule has 1 nitrogen and oxygen atoms in total. The molecule has 0 bridgehead atoms. The van der Waals surface area contributed by atoms with Gasteiger partial charge in [0.15, 0.2) is 0 Å². The van der Waals surface area contributed by atoms with Gasteiger partial charge < -0.3 is 4.74 Å². The van der Waals surface area contributed by atoms with Crippen LogP contribution in [0.25, 0.3) is 0 Å². The minimum Gasteiger partial charge on any atom is -0.377 e. The molecule has 0 radical (unpaired) electrons. The second kappa shape index (κ2) is 5.23. The van der Waals surface area contributed by atoms with Crippen molar-refractivity contribution < 1.29 is 4.74 Å². The predicted molar refractivity (Wildman–Crippen MR) is 56.7 cm³/mol. The predicted octanol–water partition coefficient (Wildman–Crippen LogP) is 3.18. The van der Waals surface area contributed by atoms with E-state index in [1.165, 1.54) is 12.0 Å². The van der Waals surface area contributed by atoms with E-state index in [2.05, 4.69) is 32.1 Å². The third kappa shape index (κ3) is 3.35. The maximum Gasteiger partial charge on any atom is 0.0713 e. The van der Waals surface area contributed by atoms with E-state index in [0.717, 1.165) is 25.0 Å². The molecule has 1 rings (SSSR count). The molecule has 0 spiro atoms. The molecule has 1 unspecified atom stereocenters. The molecule has 1 aliphatic rings. The monoisotopic (exact) mass is 180 g/mol. The van der Waals surface area contributed by atoms with Crippen LogP contribution in [0.4, 0.5) is 0 Å². The maximum absolute atomic E-state index is 5.35. The fraction of sp³-hybridized carbons (Fsp3) is 0.667. The first kappa shape index (κ1) is 10.5. The standard InChI is InChI=1S/C12H20O/c1-4-13-9-11-5-7-12(8-6-11)10(2)3/h5-7,10,12H,4,8-9H2,1-3H3. The summed E-state index contributed by atoms with van der Waals surface area (Å²) in [4.78, 5) is 0. The summed E-state index contributed by atoms with van der Waals surface area (Å²) in [5, 5.41) is 0.